The normalized spacial score (nSPS) is 16.1. The largest absolute Gasteiger partial charge is 0.416 e. The molecule has 104 valence electrons. The summed E-state index contributed by atoms with van der Waals surface area (Å²) in [6, 6.07) is 0.748. The maximum atomic E-state index is 12.7. The van der Waals surface area contributed by atoms with Crippen molar-refractivity contribution in [3.63, 3.8) is 0 Å². The first-order valence-corrected chi connectivity index (χ1v) is 6.87. The van der Waals surface area contributed by atoms with Crippen molar-refractivity contribution in [1.29, 1.82) is 0 Å². The summed E-state index contributed by atoms with van der Waals surface area (Å²) < 4.78 is 61.9. The molecule has 0 saturated heterocycles. The quantitative estimate of drug-likeness (QED) is 0.833. The standard InChI is InChI=1S/C10H9F3N2O3S/c11-10(12,13)8-1-3-14-5-7(8)6-19(16,17)9-2-4-18-15-9/h1,3,5H,2,4,6H2. The molecule has 9 heteroatoms. The van der Waals surface area contributed by atoms with E-state index in [0.717, 1.165) is 18.5 Å². The Morgan fingerprint density at radius 1 is 1.37 bits per heavy atom. The number of aromatic nitrogens is 1. The molecule has 0 radical (unpaired) electrons. The summed E-state index contributed by atoms with van der Waals surface area (Å²) in [5.74, 6) is -0.794. The SMILES string of the molecule is O=S(=O)(Cc1cnccc1C(F)(F)F)C1=NOCC1. The van der Waals surface area contributed by atoms with Crippen LogP contribution in [-0.2, 0) is 26.6 Å². The van der Waals surface area contributed by atoms with Gasteiger partial charge in [-0.15, -0.1) is 0 Å². The highest BCUT2D eigenvalue weighted by atomic mass is 32.2. The summed E-state index contributed by atoms with van der Waals surface area (Å²) in [5.41, 5.74) is -1.41. The van der Waals surface area contributed by atoms with Crippen LogP contribution in [0.5, 0.6) is 0 Å². The molecule has 1 aliphatic rings. The lowest BCUT2D eigenvalue weighted by atomic mass is 10.1. The zero-order valence-corrected chi connectivity index (χ0v) is 10.3. The van der Waals surface area contributed by atoms with Gasteiger partial charge in [-0.05, 0) is 11.6 Å². The predicted molar refractivity (Wildman–Crippen MR) is 59.9 cm³/mol. The Morgan fingerprint density at radius 3 is 2.68 bits per heavy atom. The van der Waals surface area contributed by atoms with Crippen LogP contribution in [0.15, 0.2) is 23.6 Å². The number of pyridine rings is 1. The van der Waals surface area contributed by atoms with Gasteiger partial charge in [0.25, 0.3) is 0 Å². The number of hydrogen-bond acceptors (Lipinski definition) is 5. The van der Waals surface area contributed by atoms with E-state index < -0.39 is 32.9 Å². The molecule has 1 aromatic rings. The second-order valence-corrected chi connectivity index (χ2v) is 5.85. The second kappa shape index (κ2) is 4.80. The number of sulfone groups is 1. The molecule has 2 heterocycles. The molecule has 0 atom stereocenters. The molecule has 0 unspecified atom stereocenters. The van der Waals surface area contributed by atoms with Crippen LogP contribution in [0, 0.1) is 0 Å². The van der Waals surface area contributed by atoms with Crippen molar-refractivity contribution in [3.05, 3.63) is 29.6 Å². The molecule has 0 aliphatic carbocycles. The van der Waals surface area contributed by atoms with E-state index in [4.69, 9.17) is 0 Å². The molecule has 0 amide bonds. The van der Waals surface area contributed by atoms with Gasteiger partial charge in [0.1, 0.15) is 6.61 Å². The number of halogens is 3. The molecule has 19 heavy (non-hydrogen) atoms. The Hall–Kier alpha value is -1.64. The van der Waals surface area contributed by atoms with Gasteiger partial charge in [0.15, 0.2) is 14.9 Å². The first kappa shape index (κ1) is 13.8. The van der Waals surface area contributed by atoms with Crippen molar-refractivity contribution in [2.24, 2.45) is 5.16 Å². The summed E-state index contributed by atoms with van der Waals surface area (Å²) in [5, 5.41) is 3.09. The summed E-state index contributed by atoms with van der Waals surface area (Å²) in [6.45, 7) is 0.119. The molecule has 0 N–H and O–H groups in total. The highest BCUT2D eigenvalue weighted by molar-refractivity contribution is 8.05. The third kappa shape index (κ3) is 3.03. The topological polar surface area (TPSA) is 68.6 Å². The van der Waals surface area contributed by atoms with Crippen LogP contribution in [0.25, 0.3) is 0 Å². The highest BCUT2D eigenvalue weighted by Gasteiger charge is 2.35. The van der Waals surface area contributed by atoms with E-state index in [0.29, 0.717) is 0 Å². The maximum absolute atomic E-state index is 12.7. The lowest BCUT2D eigenvalue weighted by molar-refractivity contribution is -0.138. The van der Waals surface area contributed by atoms with Gasteiger partial charge in [-0.25, -0.2) is 8.42 Å². The number of hydrogen-bond donors (Lipinski definition) is 0. The van der Waals surface area contributed by atoms with Crippen molar-refractivity contribution < 1.29 is 26.4 Å². The van der Waals surface area contributed by atoms with Gasteiger partial charge in [-0.1, -0.05) is 5.16 Å². The Morgan fingerprint density at radius 2 is 2.11 bits per heavy atom. The van der Waals surface area contributed by atoms with E-state index in [2.05, 4.69) is 15.0 Å². The molecular formula is C10H9F3N2O3S. The molecule has 1 aliphatic heterocycles. The minimum Gasteiger partial charge on any atom is -0.395 e. The zero-order chi connectivity index (χ0) is 14.1. The third-order valence-electron chi connectivity index (χ3n) is 2.49. The van der Waals surface area contributed by atoms with E-state index in [1.54, 1.807) is 0 Å². The summed E-state index contributed by atoms with van der Waals surface area (Å²) in [6.07, 6.45) is -2.68. The fourth-order valence-electron chi connectivity index (χ4n) is 1.62. The Labute approximate surface area is 107 Å². The van der Waals surface area contributed by atoms with Crippen LogP contribution < -0.4 is 0 Å². The van der Waals surface area contributed by atoms with Crippen LogP contribution in [0.2, 0.25) is 0 Å². The first-order valence-electron chi connectivity index (χ1n) is 5.22. The smallest absolute Gasteiger partial charge is 0.395 e. The van der Waals surface area contributed by atoms with Gasteiger partial charge in [0.05, 0.1) is 11.3 Å². The average Bonchev–Trinajstić information content (AvgIpc) is 2.81. The fraction of sp³-hybridized carbons (Fsp3) is 0.400. The molecular weight excluding hydrogens is 285 g/mol. The average molecular weight is 294 g/mol. The molecule has 2 rings (SSSR count). The minimum atomic E-state index is -4.62. The van der Waals surface area contributed by atoms with E-state index in [9.17, 15) is 21.6 Å². The van der Waals surface area contributed by atoms with Crippen LogP contribution >= 0.6 is 0 Å². The maximum Gasteiger partial charge on any atom is 0.416 e. The zero-order valence-electron chi connectivity index (χ0n) is 9.51. The molecule has 1 aromatic heterocycles. The van der Waals surface area contributed by atoms with Gasteiger partial charge >= 0.3 is 6.18 Å². The number of oxime groups is 1. The number of nitrogens with zero attached hydrogens (tertiary/aromatic N) is 2. The summed E-state index contributed by atoms with van der Waals surface area (Å²) >= 11 is 0. The lowest BCUT2D eigenvalue weighted by Gasteiger charge is -2.11. The van der Waals surface area contributed by atoms with Gasteiger partial charge in [-0.3, -0.25) is 4.98 Å². The van der Waals surface area contributed by atoms with Crippen molar-refractivity contribution in [2.75, 3.05) is 6.61 Å². The summed E-state index contributed by atoms with van der Waals surface area (Å²) in [4.78, 5) is 8.08. The molecule has 0 bridgehead atoms. The van der Waals surface area contributed by atoms with E-state index in [1.807, 2.05) is 0 Å². The fourth-order valence-corrected chi connectivity index (χ4v) is 2.98. The van der Waals surface area contributed by atoms with Gasteiger partial charge in [0.2, 0.25) is 0 Å². The van der Waals surface area contributed by atoms with E-state index in [1.165, 1.54) is 0 Å². The molecule has 0 saturated carbocycles. The molecule has 0 fully saturated rings. The van der Waals surface area contributed by atoms with Crippen molar-refractivity contribution in [1.82, 2.24) is 4.98 Å². The van der Waals surface area contributed by atoms with Gasteiger partial charge in [-0.2, -0.15) is 13.2 Å². The van der Waals surface area contributed by atoms with E-state index >= 15 is 0 Å². The van der Waals surface area contributed by atoms with Crippen molar-refractivity contribution >= 4 is 14.9 Å². The third-order valence-corrected chi connectivity index (χ3v) is 4.17. The number of rotatable bonds is 2. The first-order chi connectivity index (χ1) is 8.81. The Balaban J connectivity index is 2.34. The minimum absolute atomic E-state index is 0.0734. The van der Waals surface area contributed by atoms with Crippen LogP contribution in [0.1, 0.15) is 17.5 Å². The number of alkyl halides is 3. The van der Waals surface area contributed by atoms with Gasteiger partial charge in [0, 0.05) is 18.8 Å². The Kier molecular flexibility index (Phi) is 3.48. The molecule has 0 aromatic carbocycles. The van der Waals surface area contributed by atoms with Crippen molar-refractivity contribution in [3.8, 4) is 0 Å². The van der Waals surface area contributed by atoms with Crippen LogP contribution in [0.3, 0.4) is 0 Å². The van der Waals surface area contributed by atoms with Crippen molar-refractivity contribution in [2.45, 2.75) is 18.3 Å². The predicted octanol–water partition coefficient (Wildman–Crippen LogP) is 1.75. The van der Waals surface area contributed by atoms with Gasteiger partial charge < -0.3 is 4.84 Å². The van der Waals surface area contributed by atoms with E-state index in [-0.39, 0.29) is 18.1 Å². The lowest BCUT2D eigenvalue weighted by Crippen LogP contribution is -2.18. The van der Waals surface area contributed by atoms with Crippen LogP contribution in [0.4, 0.5) is 13.2 Å². The van der Waals surface area contributed by atoms with Crippen LogP contribution in [-0.4, -0.2) is 25.1 Å². The molecule has 0 spiro atoms. The monoisotopic (exact) mass is 294 g/mol. The highest BCUT2D eigenvalue weighted by Crippen LogP contribution is 2.32. The molecule has 5 nitrogen and oxygen atoms in total. The Bertz CT molecular complexity index is 611. The second-order valence-electron chi connectivity index (χ2n) is 3.86. The summed E-state index contributed by atoms with van der Waals surface area (Å²) in [7, 11) is -3.91.